The maximum atomic E-state index is 11.6. The Hall–Kier alpha value is -1.58. The van der Waals surface area contributed by atoms with Gasteiger partial charge in [-0.25, -0.2) is 4.98 Å². The van der Waals surface area contributed by atoms with E-state index >= 15 is 0 Å². The Morgan fingerprint density at radius 2 is 2.15 bits per heavy atom. The van der Waals surface area contributed by atoms with Gasteiger partial charge in [0.15, 0.2) is 0 Å². The predicted octanol–water partition coefficient (Wildman–Crippen LogP) is 2.62. The molecule has 1 N–H and O–H groups in total. The average molecular weight is 277 g/mol. The molecule has 1 aliphatic rings. The van der Waals surface area contributed by atoms with E-state index in [4.69, 9.17) is 0 Å². The van der Waals surface area contributed by atoms with Gasteiger partial charge in [0, 0.05) is 33.2 Å². The fourth-order valence-electron chi connectivity index (χ4n) is 2.46. The molecule has 1 amide bonds. The Kier molecular flexibility index (Phi) is 4.99. The minimum atomic E-state index is 0. The van der Waals surface area contributed by atoms with Crippen molar-refractivity contribution in [2.45, 2.75) is 33.6 Å². The molecule has 0 aliphatic carbocycles. The first-order valence-corrected chi connectivity index (χ1v) is 7.51. The number of nitrogens with zero attached hydrogens (tertiary/aromatic N) is 2. The third-order valence-electron chi connectivity index (χ3n) is 3.92. The molecule has 2 heterocycles. The summed E-state index contributed by atoms with van der Waals surface area (Å²) in [6, 6.07) is 4.20. The number of carbonyl (C=O) groups excluding carboxylic acids is 1. The molecule has 0 spiro atoms. The number of rotatable bonds is 4. The number of aromatic nitrogens is 1. The lowest BCUT2D eigenvalue weighted by Crippen LogP contribution is -2.39. The molecular formula is C16H27N3O. The van der Waals surface area contributed by atoms with Gasteiger partial charge >= 0.3 is 0 Å². The van der Waals surface area contributed by atoms with Crippen LogP contribution in [0.1, 0.15) is 33.7 Å². The topological polar surface area (TPSA) is 45.2 Å². The summed E-state index contributed by atoms with van der Waals surface area (Å²) < 4.78 is 0. The minimum absolute atomic E-state index is 0. The lowest BCUT2D eigenvalue weighted by molar-refractivity contribution is -0.124. The van der Waals surface area contributed by atoms with Crippen LogP contribution in [0.2, 0.25) is 0 Å². The normalized spacial score (nSPS) is 16.5. The van der Waals surface area contributed by atoms with Crippen molar-refractivity contribution in [1.82, 2.24) is 10.3 Å². The van der Waals surface area contributed by atoms with Gasteiger partial charge in [-0.1, -0.05) is 19.9 Å². The van der Waals surface area contributed by atoms with Crippen LogP contribution < -0.4 is 10.2 Å². The summed E-state index contributed by atoms with van der Waals surface area (Å²) in [6.45, 7) is 8.78. The number of carbonyl (C=O) groups is 1. The van der Waals surface area contributed by atoms with Gasteiger partial charge in [0.05, 0.1) is 0 Å². The maximum absolute atomic E-state index is 11.6. The van der Waals surface area contributed by atoms with Gasteiger partial charge in [0.25, 0.3) is 0 Å². The summed E-state index contributed by atoms with van der Waals surface area (Å²) in [7, 11) is 0. The molecule has 0 aromatic carbocycles. The number of pyridine rings is 1. The summed E-state index contributed by atoms with van der Waals surface area (Å²) in [5.74, 6) is 1.90. The van der Waals surface area contributed by atoms with E-state index in [9.17, 15) is 4.79 Å². The van der Waals surface area contributed by atoms with Crippen LogP contribution in [0.5, 0.6) is 0 Å². The second-order valence-electron chi connectivity index (χ2n) is 6.02. The number of anilines is 1. The highest BCUT2D eigenvalue weighted by Crippen LogP contribution is 2.21. The molecule has 4 nitrogen and oxygen atoms in total. The zero-order valence-corrected chi connectivity index (χ0v) is 12.7. The van der Waals surface area contributed by atoms with Crippen LogP contribution in [0.3, 0.4) is 0 Å². The smallest absolute Gasteiger partial charge is 0.222 e. The highest BCUT2D eigenvalue weighted by Gasteiger charge is 2.20. The molecule has 20 heavy (non-hydrogen) atoms. The molecule has 112 valence electrons. The monoisotopic (exact) mass is 277 g/mol. The van der Waals surface area contributed by atoms with Crippen molar-refractivity contribution in [2.75, 3.05) is 24.5 Å². The second-order valence-corrected chi connectivity index (χ2v) is 6.02. The van der Waals surface area contributed by atoms with E-state index in [0.717, 1.165) is 38.3 Å². The molecule has 0 bridgehead atoms. The fourth-order valence-corrected chi connectivity index (χ4v) is 2.46. The predicted molar refractivity (Wildman–Crippen MR) is 83.9 cm³/mol. The van der Waals surface area contributed by atoms with Crippen molar-refractivity contribution in [2.24, 2.45) is 11.8 Å². The van der Waals surface area contributed by atoms with Crippen molar-refractivity contribution in [3.8, 4) is 0 Å². The molecule has 0 radical (unpaired) electrons. The third-order valence-corrected chi connectivity index (χ3v) is 3.92. The van der Waals surface area contributed by atoms with E-state index in [-0.39, 0.29) is 13.3 Å². The molecule has 1 fully saturated rings. The van der Waals surface area contributed by atoms with Gasteiger partial charge in [-0.05, 0) is 37.3 Å². The standard InChI is InChI=1S/C16H25N3O.H2/c1-12(2)16(20)18-11-14-6-8-19(9-7-14)15-5-4-13(3)10-17-15;/h4-5,10,12,14H,6-9,11H2,1-3H3,(H,18,20);1H. The number of hydrogen-bond donors (Lipinski definition) is 1. The van der Waals surface area contributed by atoms with Crippen LogP contribution in [0.25, 0.3) is 0 Å². The Morgan fingerprint density at radius 1 is 1.45 bits per heavy atom. The molecule has 1 aromatic rings. The van der Waals surface area contributed by atoms with E-state index < -0.39 is 0 Å². The first kappa shape index (κ1) is 14.8. The Balaban J connectivity index is 0.00000220. The molecule has 1 saturated heterocycles. The van der Waals surface area contributed by atoms with Crippen LogP contribution in [0.15, 0.2) is 18.3 Å². The number of hydrogen-bond acceptors (Lipinski definition) is 3. The summed E-state index contributed by atoms with van der Waals surface area (Å²) in [5, 5.41) is 3.04. The van der Waals surface area contributed by atoms with Crippen LogP contribution in [0, 0.1) is 18.8 Å². The molecule has 0 unspecified atom stereocenters. The van der Waals surface area contributed by atoms with Gasteiger partial charge in [-0.15, -0.1) is 0 Å². The number of amides is 1. The second kappa shape index (κ2) is 6.73. The lowest BCUT2D eigenvalue weighted by Gasteiger charge is -2.33. The van der Waals surface area contributed by atoms with Crippen molar-refractivity contribution in [1.29, 1.82) is 0 Å². The van der Waals surface area contributed by atoms with Gasteiger partial charge in [0.2, 0.25) is 5.91 Å². The van der Waals surface area contributed by atoms with Crippen LogP contribution in [0.4, 0.5) is 5.82 Å². The third kappa shape index (κ3) is 3.95. The first-order valence-electron chi connectivity index (χ1n) is 7.51. The van der Waals surface area contributed by atoms with E-state index in [1.165, 1.54) is 5.56 Å². The SMILES string of the molecule is Cc1ccc(N2CCC(CNC(=O)C(C)C)CC2)nc1.[HH]. The summed E-state index contributed by atoms with van der Waals surface area (Å²) in [4.78, 5) is 18.4. The Bertz CT molecular complexity index is 439. The summed E-state index contributed by atoms with van der Waals surface area (Å²) in [6.07, 6.45) is 4.16. The average Bonchev–Trinajstić information content (AvgIpc) is 2.46. The van der Waals surface area contributed by atoms with Crippen molar-refractivity contribution in [3.05, 3.63) is 23.9 Å². The van der Waals surface area contributed by atoms with Gasteiger partial charge in [-0.2, -0.15) is 0 Å². The van der Waals surface area contributed by atoms with E-state index in [1.54, 1.807) is 0 Å². The van der Waals surface area contributed by atoms with E-state index in [1.807, 2.05) is 20.0 Å². The molecule has 1 aliphatic heterocycles. The van der Waals surface area contributed by atoms with Crippen LogP contribution in [-0.2, 0) is 4.79 Å². The minimum Gasteiger partial charge on any atom is -0.357 e. The lowest BCUT2D eigenvalue weighted by atomic mass is 9.96. The Morgan fingerprint density at radius 3 is 2.70 bits per heavy atom. The first-order chi connectivity index (χ1) is 9.56. The molecule has 2 rings (SSSR count). The van der Waals surface area contributed by atoms with E-state index in [2.05, 4.69) is 34.3 Å². The fraction of sp³-hybridized carbons (Fsp3) is 0.625. The summed E-state index contributed by atoms with van der Waals surface area (Å²) in [5.41, 5.74) is 1.19. The zero-order chi connectivity index (χ0) is 14.5. The highest BCUT2D eigenvalue weighted by molar-refractivity contribution is 5.77. The van der Waals surface area contributed by atoms with Gasteiger partial charge in [0.1, 0.15) is 5.82 Å². The Labute approximate surface area is 123 Å². The van der Waals surface area contributed by atoms with Crippen molar-refractivity contribution in [3.63, 3.8) is 0 Å². The highest BCUT2D eigenvalue weighted by atomic mass is 16.1. The molecule has 4 heteroatoms. The van der Waals surface area contributed by atoms with Crippen molar-refractivity contribution >= 4 is 11.7 Å². The maximum Gasteiger partial charge on any atom is 0.222 e. The molecule has 0 atom stereocenters. The largest absolute Gasteiger partial charge is 0.357 e. The number of aryl methyl sites for hydroxylation is 1. The van der Waals surface area contributed by atoms with E-state index in [0.29, 0.717) is 5.92 Å². The number of piperidine rings is 1. The zero-order valence-electron chi connectivity index (χ0n) is 12.7. The van der Waals surface area contributed by atoms with Gasteiger partial charge in [-0.3, -0.25) is 4.79 Å². The number of nitrogens with one attached hydrogen (secondary N) is 1. The van der Waals surface area contributed by atoms with Gasteiger partial charge < -0.3 is 10.2 Å². The van der Waals surface area contributed by atoms with Crippen molar-refractivity contribution < 1.29 is 6.22 Å². The molecule has 0 saturated carbocycles. The molecular weight excluding hydrogens is 250 g/mol. The summed E-state index contributed by atoms with van der Waals surface area (Å²) >= 11 is 0. The van der Waals surface area contributed by atoms with Crippen LogP contribution in [-0.4, -0.2) is 30.5 Å². The molecule has 1 aromatic heterocycles. The quantitative estimate of drug-likeness (QED) is 0.920. The van der Waals surface area contributed by atoms with Crippen LogP contribution >= 0.6 is 0 Å².